The number of nitrogens with one attached hydrogen (secondary N) is 1. The zero-order chi connectivity index (χ0) is 15.1. The summed E-state index contributed by atoms with van der Waals surface area (Å²) in [4.78, 5) is 0. The number of aliphatic hydroxyl groups excluding tert-OH is 1. The fraction of sp³-hybridized carbons (Fsp3) is 0.250. The van der Waals surface area contributed by atoms with Crippen LogP contribution in [-0.4, -0.2) is 24.4 Å². The van der Waals surface area contributed by atoms with Gasteiger partial charge in [0.15, 0.2) is 0 Å². The van der Waals surface area contributed by atoms with Crippen molar-refractivity contribution in [3.63, 3.8) is 0 Å². The van der Waals surface area contributed by atoms with Crippen LogP contribution >= 0.6 is 34.2 Å². The third-order valence-corrected chi connectivity index (χ3v) is 4.00. The summed E-state index contributed by atoms with van der Waals surface area (Å²) in [5.41, 5.74) is 1.91. The van der Waals surface area contributed by atoms with Crippen LogP contribution in [0.3, 0.4) is 0 Å². The highest BCUT2D eigenvalue weighted by molar-refractivity contribution is 14.1. The standard InChI is InChI=1S/C16H17ClINO2/c17-16-4-2-1-3-12(16)10-21-11-15(20)9-19-14-7-5-13(18)6-8-14/h1-8,15,19-20H,9-11H2. The highest BCUT2D eigenvalue weighted by Gasteiger charge is 2.05. The number of anilines is 1. The molecule has 0 aromatic heterocycles. The zero-order valence-corrected chi connectivity index (χ0v) is 14.3. The van der Waals surface area contributed by atoms with Crippen molar-refractivity contribution in [1.82, 2.24) is 0 Å². The Balaban J connectivity index is 1.69. The van der Waals surface area contributed by atoms with Gasteiger partial charge in [-0.25, -0.2) is 0 Å². The minimum absolute atomic E-state index is 0.266. The van der Waals surface area contributed by atoms with E-state index in [0.717, 1.165) is 11.3 Å². The van der Waals surface area contributed by atoms with E-state index >= 15 is 0 Å². The maximum absolute atomic E-state index is 9.89. The van der Waals surface area contributed by atoms with Crippen molar-refractivity contribution in [3.05, 3.63) is 62.7 Å². The SMILES string of the molecule is OC(CNc1ccc(I)cc1)COCc1ccccc1Cl. The van der Waals surface area contributed by atoms with Gasteiger partial charge in [-0.1, -0.05) is 29.8 Å². The van der Waals surface area contributed by atoms with E-state index in [2.05, 4.69) is 27.9 Å². The lowest BCUT2D eigenvalue weighted by Crippen LogP contribution is -2.24. The van der Waals surface area contributed by atoms with Crippen molar-refractivity contribution in [2.45, 2.75) is 12.7 Å². The van der Waals surface area contributed by atoms with Gasteiger partial charge in [0, 0.05) is 20.8 Å². The molecule has 0 saturated heterocycles. The molecule has 1 unspecified atom stereocenters. The molecule has 0 heterocycles. The molecule has 2 aromatic carbocycles. The Bertz CT molecular complexity index is 562. The van der Waals surface area contributed by atoms with Crippen LogP contribution in [0.25, 0.3) is 0 Å². The second-order valence-electron chi connectivity index (χ2n) is 4.65. The average molecular weight is 418 g/mol. The summed E-state index contributed by atoms with van der Waals surface area (Å²) in [5.74, 6) is 0. The van der Waals surface area contributed by atoms with Crippen molar-refractivity contribution in [2.75, 3.05) is 18.5 Å². The first kappa shape index (κ1) is 16.5. The Labute approximate surface area is 143 Å². The van der Waals surface area contributed by atoms with E-state index in [1.807, 2.05) is 48.5 Å². The molecule has 0 aliphatic rings. The normalized spacial score (nSPS) is 12.1. The summed E-state index contributed by atoms with van der Waals surface area (Å²) >= 11 is 8.29. The van der Waals surface area contributed by atoms with Crippen LogP contribution in [0.5, 0.6) is 0 Å². The van der Waals surface area contributed by atoms with Gasteiger partial charge >= 0.3 is 0 Å². The molecule has 2 aromatic rings. The lowest BCUT2D eigenvalue weighted by atomic mass is 10.2. The van der Waals surface area contributed by atoms with E-state index < -0.39 is 6.10 Å². The van der Waals surface area contributed by atoms with Crippen LogP contribution in [0.15, 0.2) is 48.5 Å². The van der Waals surface area contributed by atoms with Crippen molar-refractivity contribution >= 4 is 39.9 Å². The molecule has 2 rings (SSSR count). The Kier molecular flexibility index (Phi) is 6.76. The van der Waals surface area contributed by atoms with Gasteiger partial charge in [0.2, 0.25) is 0 Å². The number of ether oxygens (including phenoxy) is 1. The molecule has 1 atom stereocenters. The summed E-state index contributed by atoms with van der Waals surface area (Å²) in [7, 11) is 0. The third kappa shape index (κ3) is 5.82. The summed E-state index contributed by atoms with van der Waals surface area (Å²) in [6, 6.07) is 15.5. The largest absolute Gasteiger partial charge is 0.389 e. The lowest BCUT2D eigenvalue weighted by molar-refractivity contribution is 0.0348. The quantitative estimate of drug-likeness (QED) is 0.671. The first-order valence-corrected chi connectivity index (χ1v) is 8.09. The number of benzene rings is 2. The van der Waals surface area contributed by atoms with Crippen LogP contribution in [-0.2, 0) is 11.3 Å². The van der Waals surface area contributed by atoms with Gasteiger partial charge in [-0.3, -0.25) is 0 Å². The van der Waals surface area contributed by atoms with Crippen LogP contribution in [0.1, 0.15) is 5.56 Å². The predicted octanol–water partition coefficient (Wildman–Crippen LogP) is 3.93. The molecule has 0 aliphatic carbocycles. The number of hydrogen-bond donors (Lipinski definition) is 2. The number of hydrogen-bond acceptors (Lipinski definition) is 3. The molecule has 112 valence electrons. The van der Waals surface area contributed by atoms with Gasteiger partial charge in [0.1, 0.15) is 0 Å². The predicted molar refractivity (Wildman–Crippen MR) is 94.8 cm³/mol. The van der Waals surface area contributed by atoms with E-state index in [-0.39, 0.29) is 6.61 Å². The van der Waals surface area contributed by atoms with E-state index in [9.17, 15) is 5.11 Å². The second-order valence-corrected chi connectivity index (χ2v) is 6.30. The highest BCUT2D eigenvalue weighted by atomic mass is 127. The topological polar surface area (TPSA) is 41.5 Å². The minimum atomic E-state index is -0.563. The highest BCUT2D eigenvalue weighted by Crippen LogP contribution is 2.16. The molecular formula is C16H17ClINO2. The van der Waals surface area contributed by atoms with Crippen LogP contribution < -0.4 is 5.32 Å². The molecule has 0 bridgehead atoms. The van der Waals surface area contributed by atoms with E-state index in [1.54, 1.807) is 0 Å². The monoisotopic (exact) mass is 417 g/mol. The van der Waals surface area contributed by atoms with E-state index in [0.29, 0.717) is 18.2 Å². The van der Waals surface area contributed by atoms with Crippen molar-refractivity contribution in [1.29, 1.82) is 0 Å². The molecular weight excluding hydrogens is 401 g/mol. The molecule has 3 nitrogen and oxygen atoms in total. The van der Waals surface area contributed by atoms with Gasteiger partial charge < -0.3 is 15.2 Å². The molecule has 21 heavy (non-hydrogen) atoms. The maximum atomic E-state index is 9.89. The summed E-state index contributed by atoms with van der Waals surface area (Å²) in [6.07, 6.45) is -0.563. The number of aliphatic hydroxyl groups is 1. The van der Waals surface area contributed by atoms with Gasteiger partial charge in [0.25, 0.3) is 0 Å². The van der Waals surface area contributed by atoms with E-state index in [4.69, 9.17) is 16.3 Å². The van der Waals surface area contributed by atoms with Crippen molar-refractivity contribution < 1.29 is 9.84 Å². The summed E-state index contributed by atoms with van der Waals surface area (Å²) in [6.45, 7) is 1.12. The maximum Gasteiger partial charge on any atom is 0.0945 e. The van der Waals surface area contributed by atoms with Gasteiger partial charge in [-0.2, -0.15) is 0 Å². The van der Waals surface area contributed by atoms with Crippen molar-refractivity contribution in [3.8, 4) is 0 Å². The first-order chi connectivity index (χ1) is 10.1. The molecule has 5 heteroatoms. The molecule has 0 aliphatic heterocycles. The van der Waals surface area contributed by atoms with Crippen LogP contribution in [0.4, 0.5) is 5.69 Å². The average Bonchev–Trinajstić information content (AvgIpc) is 2.49. The zero-order valence-electron chi connectivity index (χ0n) is 11.4. The third-order valence-electron chi connectivity index (χ3n) is 2.91. The molecule has 0 spiro atoms. The van der Waals surface area contributed by atoms with Gasteiger partial charge in [-0.15, -0.1) is 0 Å². The Morgan fingerprint density at radius 2 is 1.86 bits per heavy atom. The van der Waals surface area contributed by atoms with Gasteiger partial charge in [-0.05, 0) is 58.5 Å². The number of rotatable bonds is 7. The summed E-state index contributed by atoms with van der Waals surface area (Å²) in [5, 5.41) is 13.7. The molecule has 0 fully saturated rings. The Morgan fingerprint density at radius 1 is 1.14 bits per heavy atom. The number of halogens is 2. The molecule has 2 N–H and O–H groups in total. The lowest BCUT2D eigenvalue weighted by Gasteiger charge is -2.13. The fourth-order valence-electron chi connectivity index (χ4n) is 1.78. The van der Waals surface area contributed by atoms with Gasteiger partial charge in [0.05, 0.1) is 19.3 Å². The minimum Gasteiger partial charge on any atom is -0.389 e. The summed E-state index contributed by atoms with van der Waals surface area (Å²) < 4.78 is 6.68. The Hall–Kier alpha value is -0.820. The van der Waals surface area contributed by atoms with Crippen LogP contribution in [0, 0.1) is 3.57 Å². The first-order valence-electron chi connectivity index (χ1n) is 6.64. The Morgan fingerprint density at radius 3 is 2.57 bits per heavy atom. The molecule has 0 amide bonds. The molecule has 0 saturated carbocycles. The fourth-order valence-corrected chi connectivity index (χ4v) is 2.33. The van der Waals surface area contributed by atoms with Crippen molar-refractivity contribution in [2.24, 2.45) is 0 Å². The second kappa shape index (κ2) is 8.58. The molecule has 0 radical (unpaired) electrons. The van der Waals surface area contributed by atoms with E-state index in [1.165, 1.54) is 3.57 Å². The smallest absolute Gasteiger partial charge is 0.0945 e. The van der Waals surface area contributed by atoms with Crippen LogP contribution in [0.2, 0.25) is 5.02 Å².